The summed E-state index contributed by atoms with van der Waals surface area (Å²) in [5, 5.41) is 2.79. The van der Waals surface area contributed by atoms with Crippen LogP contribution in [0.5, 0.6) is 0 Å². The first-order valence-electron chi connectivity index (χ1n) is 5.27. The SMILES string of the molecule is Cc1ccc(CN(C)C)cc1NC(=O)CN. The van der Waals surface area contributed by atoms with Crippen molar-refractivity contribution in [1.29, 1.82) is 0 Å². The summed E-state index contributed by atoms with van der Waals surface area (Å²) in [6.07, 6.45) is 0. The fraction of sp³-hybridized carbons (Fsp3) is 0.417. The highest BCUT2D eigenvalue weighted by molar-refractivity contribution is 5.92. The molecule has 4 heteroatoms. The van der Waals surface area contributed by atoms with E-state index in [0.29, 0.717) is 0 Å². The fourth-order valence-electron chi connectivity index (χ4n) is 1.47. The van der Waals surface area contributed by atoms with Crippen molar-refractivity contribution in [3.05, 3.63) is 29.3 Å². The molecule has 1 amide bonds. The van der Waals surface area contributed by atoms with Crippen LogP contribution in [0.4, 0.5) is 5.69 Å². The first kappa shape index (κ1) is 12.7. The molecule has 3 N–H and O–H groups in total. The van der Waals surface area contributed by atoms with Crippen LogP contribution in [-0.2, 0) is 11.3 Å². The van der Waals surface area contributed by atoms with Gasteiger partial charge >= 0.3 is 0 Å². The molecule has 1 aromatic rings. The number of nitrogens with zero attached hydrogens (tertiary/aromatic N) is 1. The summed E-state index contributed by atoms with van der Waals surface area (Å²) in [6.45, 7) is 2.83. The Labute approximate surface area is 96.4 Å². The van der Waals surface area contributed by atoms with Gasteiger partial charge in [0.1, 0.15) is 0 Å². The molecular formula is C12H19N3O. The maximum Gasteiger partial charge on any atom is 0.238 e. The average molecular weight is 221 g/mol. The van der Waals surface area contributed by atoms with Crippen molar-refractivity contribution in [1.82, 2.24) is 4.90 Å². The van der Waals surface area contributed by atoms with Gasteiger partial charge in [0.15, 0.2) is 0 Å². The van der Waals surface area contributed by atoms with Crippen molar-refractivity contribution in [2.24, 2.45) is 5.73 Å². The normalized spacial score (nSPS) is 10.6. The topological polar surface area (TPSA) is 58.4 Å². The Morgan fingerprint density at radius 2 is 2.12 bits per heavy atom. The van der Waals surface area contributed by atoms with Crippen LogP contribution in [0.25, 0.3) is 0 Å². The van der Waals surface area contributed by atoms with Crippen molar-refractivity contribution >= 4 is 11.6 Å². The molecular weight excluding hydrogens is 202 g/mol. The lowest BCUT2D eigenvalue weighted by molar-refractivity contribution is -0.114. The van der Waals surface area contributed by atoms with Crippen molar-refractivity contribution in [3.63, 3.8) is 0 Å². The third-order valence-electron chi connectivity index (χ3n) is 2.26. The van der Waals surface area contributed by atoms with Crippen LogP contribution in [-0.4, -0.2) is 31.4 Å². The highest BCUT2D eigenvalue weighted by atomic mass is 16.1. The Hall–Kier alpha value is -1.39. The van der Waals surface area contributed by atoms with Crippen LogP contribution in [0, 0.1) is 6.92 Å². The van der Waals surface area contributed by atoms with E-state index in [0.717, 1.165) is 17.8 Å². The Balaban J connectivity index is 2.86. The molecule has 0 aromatic heterocycles. The molecule has 0 aliphatic rings. The van der Waals surface area contributed by atoms with Gasteiger partial charge in [0.2, 0.25) is 5.91 Å². The number of aryl methyl sites for hydroxylation is 1. The monoisotopic (exact) mass is 221 g/mol. The van der Waals surface area contributed by atoms with E-state index < -0.39 is 0 Å². The first-order chi connectivity index (χ1) is 7.52. The standard InChI is InChI=1S/C12H19N3O/c1-9-4-5-10(8-15(2)3)6-11(9)14-12(16)7-13/h4-6H,7-8,13H2,1-3H3,(H,14,16). The van der Waals surface area contributed by atoms with Gasteiger partial charge in [-0.25, -0.2) is 0 Å². The largest absolute Gasteiger partial charge is 0.325 e. The molecule has 16 heavy (non-hydrogen) atoms. The number of amides is 1. The van der Waals surface area contributed by atoms with Crippen LogP contribution in [0.15, 0.2) is 18.2 Å². The van der Waals surface area contributed by atoms with E-state index in [1.807, 2.05) is 33.2 Å². The molecule has 0 unspecified atom stereocenters. The summed E-state index contributed by atoms with van der Waals surface area (Å²) in [7, 11) is 4.02. The summed E-state index contributed by atoms with van der Waals surface area (Å²) in [5.41, 5.74) is 8.33. The molecule has 0 atom stereocenters. The highest BCUT2D eigenvalue weighted by Gasteiger charge is 2.04. The van der Waals surface area contributed by atoms with Gasteiger partial charge in [-0.05, 0) is 38.2 Å². The number of rotatable bonds is 4. The lowest BCUT2D eigenvalue weighted by Crippen LogP contribution is -2.22. The fourth-order valence-corrected chi connectivity index (χ4v) is 1.47. The van der Waals surface area contributed by atoms with E-state index in [1.54, 1.807) is 0 Å². The van der Waals surface area contributed by atoms with Gasteiger partial charge in [-0.3, -0.25) is 4.79 Å². The Kier molecular flexibility index (Phi) is 4.46. The summed E-state index contributed by atoms with van der Waals surface area (Å²) >= 11 is 0. The lowest BCUT2D eigenvalue weighted by Gasteiger charge is -2.13. The predicted octanol–water partition coefficient (Wildman–Crippen LogP) is 0.954. The van der Waals surface area contributed by atoms with Crippen LogP contribution >= 0.6 is 0 Å². The van der Waals surface area contributed by atoms with Gasteiger partial charge in [-0.2, -0.15) is 0 Å². The summed E-state index contributed by atoms with van der Waals surface area (Å²) in [4.78, 5) is 13.3. The molecule has 0 spiro atoms. The third-order valence-corrected chi connectivity index (χ3v) is 2.26. The molecule has 0 aliphatic carbocycles. The zero-order valence-electron chi connectivity index (χ0n) is 10.1. The van der Waals surface area contributed by atoms with Gasteiger partial charge < -0.3 is 16.0 Å². The molecule has 0 fully saturated rings. The molecule has 0 radical (unpaired) electrons. The number of carbonyl (C=O) groups is 1. The zero-order chi connectivity index (χ0) is 12.1. The number of benzene rings is 1. The first-order valence-corrected chi connectivity index (χ1v) is 5.27. The molecule has 4 nitrogen and oxygen atoms in total. The van der Waals surface area contributed by atoms with Gasteiger partial charge in [-0.1, -0.05) is 12.1 Å². The molecule has 0 saturated heterocycles. The maximum absolute atomic E-state index is 11.2. The average Bonchev–Trinajstić information content (AvgIpc) is 2.22. The minimum absolute atomic E-state index is 0.0113. The number of nitrogens with one attached hydrogen (secondary N) is 1. The summed E-state index contributed by atoms with van der Waals surface area (Å²) in [5.74, 6) is -0.162. The number of hydrogen-bond donors (Lipinski definition) is 2. The second-order valence-electron chi connectivity index (χ2n) is 4.14. The van der Waals surface area contributed by atoms with E-state index >= 15 is 0 Å². The molecule has 0 aliphatic heterocycles. The smallest absolute Gasteiger partial charge is 0.238 e. The van der Waals surface area contributed by atoms with Crippen molar-refractivity contribution in [3.8, 4) is 0 Å². The van der Waals surface area contributed by atoms with Crippen molar-refractivity contribution in [2.75, 3.05) is 26.0 Å². The van der Waals surface area contributed by atoms with Crippen LogP contribution < -0.4 is 11.1 Å². The third kappa shape index (κ3) is 3.64. The minimum atomic E-state index is -0.162. The lowest BCUT2D eigenvalue weighted by atomic mass is 10.1. The molecule has 0 bridgehead atoms. The number of carbonyl (C=O) groups excluding carboxylic acids is 1. The maximum atomic E-state index is 11.2. The second-order valence-corrected chi connectivity index (χ2v) is 4.14. The number of hydrogen-bond acceptors (Lipinski definition) is 3. The van der Waals surface area contributed by atoms with Crippen LogP contribution in [0.2, 0.25) is 0 Å². The van der Waals surface area contributed by atoms with Crippen LogP contribution in [0.3, 0.4) is 0 Å². The molecule has 1 aromatic carbocycles. The van der Waals surface area contributed by atoms with E-state index in [4.69, 9.17) is 5.73 Å². The Bertz CT molecular complexity index is 375. The van der Waals surface area contributed by atoms with Gasteiger partial charge in [-0.15, -0.1) is 0 Å². The minimum Gasteiger partial charge on any atom is -0.325 e. The molecule has 1 rings (SSSR count). The Morgan fingerprint density at radius 3 is 2.69 bits per heavy atom. The van der Waals surface area contributed by atoms with E-state index in [2.05, 4.69) is 16.3 Å². The quantitative estimate of drug-likeness (QED) is 0.796. The predicted molar refractivity (Wildman–Crippen MR) is 66.3 cm³/mol. The second kappa shape index (κ2) is 5.63. The summed E-state index contributed by atoms with van der Waals surface area (Å²) in [6, 6.07) is 6.06. The molecule has 0 saturated carbocycles. The molecule has 0 heterocycles. The van der Waals surface area contributed by atoms with Gasteiger partial charge in [0.25, 0.3) is 0 Å². The van der Waals surface area contributed by atoms with E-state index in [1.165, 1.54) is 5.56 Å². The Morgan fingerprint density at radius 1 is 1.44 bits per heavy atom. The number of anilines is 1. The van der Waals surface area contributed by atoms with Crippen molar-refractivity contribution < 1.29 is 4.79 Å². The van der Waals surface area contributed by atoms with Crippen molar-refractivity contribution in [2.45, 2.75) is 13.5 Å². The number of nitrogens with two attached hydrogens (primary N) is 1. The van der Waals surface area contributed by atoms with E-state index in [9.17, 15) is 4.79 Å². The zero-order valence-corrected chi connectivity index (χ0v) is 10.1. The van der Waals surface area contributed by atoms with Crippen LogP contribution in [0.1, 0.15) is 11.1 Å². The highest BCUT2D eigenvalue weighted by Crippen LogP contribution is 2.17. The molecule has 88 valence electrons. The summed E-state index contributed by atoms with van der Waals surface area (Å²) < 4.78 is 0. The van der Waals surface area contributed by atoms with Gasteiger partial charge in [0, 0.05) is 12.2 Å². The van der Waals surface area contributed by atoms with E-state index in [-0.39, 0.29) is 12.5 Å². The van der Waals surface area contributed by atoms with Gasteiger partial charge in [0.05, 0.1) is 6.54 Å².